The molecule has 20 heavy (non-hydrogen) atoms. The molecule has 0 radical (unpaired) electrons. The summed E-state index contributed by atoms with van der Waals surface area (Å²) in [6.07, 6.45) is 0.952. The monoisotopic (exact) mass is 262 g/mol. The van der Waals surface area contributed by atoms with Gasteiger partial charge in [0.1, 0.15) is 5.75 Å². The van der Waals surface area contributed by atoms with Crippen LogP contribution in [0, 0.1) is 6.92 Å². The van der Waals surface area contributed by atoms with Gasteiger partial charge in [0.15, 0.2) is 0 Å². The van der Waals surface area contributed by atoms with Crippen LogP contribution in [-0.4, -0.2) is 7.11 Å². The Morgan fingerprint density at radius 2 is 1.60 bits per heavy atom. The van der Waals surface area contributed by atoms with Crippen LogP contribution in [-0.2, 0) is 6.42 Å². The van der Waals surface area contributed by atoms with Crippen LogP contribution in [0.4, 0.5) is 0 Å². The summed E-state index contributed by atoms with van der Waals surface area (Å²) in [5, 5.41) is 2.65. The van der Waals surface area contributed by atoms with E-state index in [1.54, 1.807) is 7.11 Å². The molecule has 0 atom stereocenters. The number of methoxy groups -OCH3 is 1. The van der Waals surface area contributed by atoms with Crippen molar-refractivity contribution in [3.8, 4) is 5.75 Å². The van der Waals surface area contributed by atoms with E-state index in [2.05, 4.69) is 55.5 Å². The normalized spacial score (nSPS) is 10.7. The van der Waals surface area contributed by atoms with E-state index in [-0.39, 0.29) is 0 Å². The van der Waals surface area contributed by atoms with Crippen LogP contribution in [0.5, 0.6) is 5.75 Å². The zero-order chi connectivity index (χ0) is 13.9. The van der Waals surface area contributed by atoms with E-state index >= 15 is 0 Å². The minimum atomic E-state index is 0.905. The van der Waals surface area contributed by atoms with Crippen molar-refractivity contribution < 1.29 is 4.74 Å². The lowest BCUT2D eigenvalue weighted by Gasteiger charge is -2.07. The first kappa shape index (κ1) is 12.7. The molecule has 0 spiro atoms. The Hall–Kier alpha value is -2.28. The van der Waals surface area contributed by atoms with E-state index in [0.717, 1.165) is 12.2 Å². The fourth-order valence-corrected chi connectivity index (χ4v) is 2.58. The van der Waals surface area contributed by atoms with Crippen molar-refractivity contribution in [2.45, 2.75) is 13.3 Å². The number of hydrogen-bond donors (Lipinski definition) is 0. The van der Waals surface area contributed by atoms with E-state index < -0.39 is 0 Å². The maximum Gasteiger partial charge on any atom is 0.118 e. The van der Waals surface area contributed by atoms with Crippen LogP contribution >= 0.6 is 0 Å². The summed E-state index contributed by atoms with van der Waals surface area (Å²) in [7, 11) is 1.70. The largest absolute Gasteiger partial charge is 0.497 e. The highest BCUT2D eigenvalue weighted by molar-refractivity contribution is 5.86. The van der Waals surface area contributed by atoms with Gasteiger partial charge in [-0.1, -0.05) is 48.5 Å². The summed E-state index contributed by atoms with van der Waals surface area (Å²) in [5.41, 5.74) is 3.98. The van der Waals surface area contributed by atoms with Crippen LogP contribution in [0.15, 0.2) is 60.7 Å². The van der Waals surface area contributed by atoms with Crippen LogP contribution in [0.1, 0.15) is 16.7 Å². The van der Waals surface area contributed by atoms with E-state index in [0.29, 0.717) is 0 Å². The lowest BCUT2D eigenvalue weighted by molar-refractivity contribution is 0.414. The number of ether oxygens (including phenoxy) is 1. The maximum absolute atomic E-state index is 5.19. The molecule has 0 saturated carbocycles. The summed E-state index contributed by atoms with van der Waals surface area (Å²) in [6.45, 7) is 2.16. The van der Waals surface area contributed by atoms with Gasteiger partial charge in [0.25, 0.3) is 0 Å². The highest BCUT2D eigenvalue weighted by Gasteiger charge is 2.01. The summed E-state index contributed by atoms with van der Waals surface area (Å²) in [4.78, 5) is 0. The second-order valence-electron chi connectivity index (χ2n) is 5.16. The summed E-state index contributed by atoms with van der Waals surface area (Å²) >= 11 is 0. The van der Waals surface area contributed by atoms with Crippen LogP contribution < -0.4 is 4.74 Å². The van der Waals surface area contributed by atoms with Gasteiger partial charge in [0, 0.05) is 0 Å². The first-order chi connectivity index (χ1) is 9.76. The predicted molar refractivity (Wildman–Crippen MR) is 84.5 cm³/mol. The second-order valence-corrected chi connectivity index (χ2v) is 5.16. The fraction of sp³-hybridized carbons (Fsp3) is 0.158. The minimum Gasteiger partial charge on any atom is -0.497 e. The number of rotatable bonds is 3. The lowest BCUT2D eigenvalue weighted by Crippen LogP contribution is -1.90. The molecule has 1 nitrogen and oxygen atoms in total. The van der Waals surface area contributed by atoms with Crippen LogP contribution in [0.3, 0.4) is 0 Å². The first-order valence-electron chi connectivity index (χ1n) is 6.87. The molecule has 0 aliphatic rings. The predicted octanol–water partition coefficient (Wildman–Crippen LogP) is 4.75. The number of aryl methyl sites for hydroxylation is 1. The van der Waals surface area contributed by atoms with Crippen molar-refractivity contribution in [1.29, 1.82) is 0 Å². The Kier molecular flexibility index (Phi) is 3.42. The minimum absolute atomic E-state index is 0.905. The molecule has 3 aromatic carbocycles. The SMILES string of the molecule is COc1ccc(Cc2ccc3c(C)cccc3c2)cc1. The standard InChI is InChI=1S/C19H18O/c1-14-4-3-5-17-13-16(8-11-19(14)17)12-15-6-9-18(20-2)10-7-15/h3-11,13H,12H2,1-2H3. The van der Waals surface area contributed by atoms with Gasteiger partial charge in [-0.3, -0.25) is 0 Å². The summed E-state index contributed by atoms with van der Waals surface area (Å²) in [5.74, 6) is 0.905. The average molecular weight is 262 g/mol. The molecule has 100 valence electrons. The van der Waals surface area contributed by atoms with Crippen molar-refractivity contribution in [2.24, 2.45) is 0 Å². The molecule has 0 aliphatic heterocycles. The number of benzene rings is 3. The van der Waals surface area contributed by atoms with Crippen molar-refractivity contribution in [2.75, 3.05) is 7.11 Å². The van der Waals surface area contributed by atoms with E-state index in [4.69, 9.17) is 4.74 Å². The van der Waals surface area contributed by atoms with Gasteiger partial charge >= 0.3 is 0 Å². The molecule has 0 aromatic heterocycles. The van der Waals surface area contributed by atoms with Crippen molar-refractivity contribution >= 4 is 10.8 Å². The van der Waals surface area contributed by atoms with Gasteiger partial charge in [-0.05, 0) is 52.9 Å². The lowest BCUT2D eigenvalue weighted by atomic mass is 9.99. The molecule has 0 N–H and O–H groups in total. The second kappa shape index (κ2) is 5.38. The molecule has 0 heterocycles. The van der Waals surface area contributed by atoms with Gasteiger partial charge in [-0.25, -0.2) is 0 Å². The average Bonchev–Trinajstić information content (AvgIpc) is 2.48. The third-order valence-electron chi connectivity index (χ3n) is 3.73. The van der Waals surface area contributed by atoms with Gasteiger partial charge in [-0.15, -0.1) is 0 Å². The highest BCUT2D eigenvalue weighted by Crippen LogP contribution is 2.22. The van der Waals surface area contributed by atoms with Gasteiger partial charge in [-0.2, -0.15) is 0 Å². The zero-order valence-corrected chi connectivity index (χ0v) is 11.9. The number of fused-ring (bicyclic) bond motifs is 1. The van der Waals surface area contributed by atoms with Gasteiger partial charge < -0.3 is 4.74 Å². The van der Waals surface area contributed by atoms with Crippen molar-refractivity contribution in [1.82, 2.24) is 0 Å². The Labute approximate surface area is 119 Å². The van der Waals surface area contributed by atoms with Crippen LogP contribution in [0.25, 0.3) is 10.8 Å². The fourth-order valence-electron chi connectivity index (χ4n) is 2.58. The van der Waals surface area contributed by atoms with E-state index in [1.807, 2.05) is 12.1 Å². The molecule has 3 rings (SSSR count). The zero-order valence-electron chi connectivity index (χ0n) is 11.9. The Bertz CT molecular complexity index is 726. The number of hydrogen-bond acceptors (Lipinski definition) is 1. The molecule has 0 bridgehead atoms. The Morgan fingerprint density at radius 3 is 2.35 bits per heavy atom. The maximum atomic E-state index is 5.19. The Morgan fingerprint density at radius 1 is 0.850 bits per heavy atom. The smallest absolute Gasteiger partial charge is 0.118 e. The van der Waals surface area contributed by atoms with Crippen molar-refractivity contribution in [3.63, 3.8) is 0 Å². The molecule has 1 heteroatoms. The third-order valence-corrected chi connectivity index (χ3v) is 3.73. The molecule has 3 aromatic rings. The molecule has 0 amide bonds. The molecular weight excluding hydrogens is 244 g/mol. The molecule has 0 aliphatic carbocycles. The summed E-state index contributed by atoms with van der Waals surface area (Å²) < 4.78 is 5.19. The Balaban J connectivity index is 1.90. The van der Waals surface area contributed by atoms with Gasteiger partial charge in [0.05, 0.1) is 7.11 Å². The highest BCUT2D eigenvalue weighted by atomic mass is 16.5. The van der Waals surface area contributed by atoms with E-state index in [9.17, 15) is 0 Å². The molecular formula is C19H18O. The summed E-state index contributed by atoms with van der Waals surface area (Å²) in [6, 6.07) is 21.5. The van der Waals surface area contributed by atoms with E-state index in [1.165, 1.54) is 27.5 Å². The quantitative estimate of drug-likeness (QED) is 0.662. The molecule has 0 saturated heterocycles. The van der Waals surface area contributed by atoms with Gasteiger partial charge in [0.2, 0.25) is 0 Å². The molecule has 0 unspecified atom stereocenters. The molecule has 0 fully saturated rings. The van der Waals surface area contributed by atoms with Crippen molar-refractivity contribution in [3.05, 3.63) is 77.4 Å². The van der Waals surface area contributed by atoms with Crippen LogP contribution in [0.2, 0.25) is 0 Å². The third kappa shape index (κ3) is 2.53. The topological polar surface area (TPSA) is 9.23 Å². The first-order valence-corrected chi connectivity index (χ1v) is 6.87.